The zero-order valence-electron chi connectivity index (χ0n) is 13.1. The van der Waals surface area contributed by atoms with Crippen LogP contribution in [0.1, 0.15) is 34.3 Å². The van der Waals surface area contributed by atoms with Crippen LogP contribution in [0, 0.1) is 11.3 Å². The molecule has 5 nitrogen and oxygen atoms in total. The number of benzene rings is 2. The molecule has 2 aromatic rings. The van der Waals surface area contributed by atoms with Crippen LogP contribution in [-0.4, -0.2) is 18.4 Å². The monoisotopic (exact) mass is 320 g/mol. The summed E-state index contributed by atoms with van der Waals surface area (Å²) in [6.45, 7) is 0.711. The normalized spacial score (nSPS) is 13.6. The molecule has 1 fully saturated rings. The van der Waals surface area contributed by atoms with Gasteiger partial charge in [-0.15, -0.1) is 0 Å². The Kier molecular flexibility index (Phi) is 4.57. The van der Waals surface area contributed by atoms with Gasteiger partial charge in [-0.1, -0.05) is 24.3 Å². The van der Waals surface area contributed by atoms with E-state index >= 15 is 0 Å². The third-order valence-corrected chi connectivity index (χ3v) is 3.96. The maximum atomic E-state index is 12.3. The summed E-state index contributed by atoms with van der Waals surface area (Å²) in [5.74, 6) is -0.403. The Labute approximate surface area is 140 Å². The van der Waals surface area contributed by atoms with Crippen molar-refractivity contribution in [1.29, 1.82) is 5.26 Å². The van der Waals surface area contributed by atoms with Crippen molar-refractivity contribution in [3.05, 3.63) is 65.2 Å². The highest BCUT2D eigenvalue weighted by Crippen LogP contribution is 2.22. The SMILES string of the molecule is N#Cc1ccccc1COC(=O)c1cccc(N2CCCC2=O)c1. The second kappa shape index (κ2) is 6.97. The van der Waals surface area contributed by atoms with E-state index < -0.39 is 5.97 Å². The molecule has 1 aliphatic heterocycles. The number of hydrogen-bond donors (Lipinski definition) is 0. The van der Waals surface area contributed by atoms with Gasteiger partial charge < -0.3 is 9.64 Å². The first-order valence-electron chi connectivity index (χ1n) is 7.74. The fourth-order valence-corrected chi connectivity index (χ4v) is 2.70. The summed E-state index contributed by atoms with van der Waals surface area (Å²) in [4.78, 5) is 25.8. The molecular formula is C19H16N2O3. The lowest BCUT2D eigenvalue weighted by Gasteiger charge is -2.16. The first-order chi connectivity index (χ1) is 11.7. The number of nitrogens with zero attached hydrogens (tertiary/aromatic N) is 2. The Morgan fingerprint density at radius 2 is 2.04 bits per heavy atom. The first-order valence-corrected chi connectivity index (χ1v) is 7.74. The molecule has 120 valence electrons. The van der Waals surface area contributed by atoms with Gasteiger partial charge in [0.2, 0.25) is 5.91 Å². The van der Waals surface area contributed by atoms with Gasteiger partial charge in [-0.3, -0.25) is 4.79 Å². The Morgan fingerprint density at radius 1 is 1.21 bits per heavy atom. The van der Waals surface area contributed by atoms with E-state index in [9.17, 15) is 9.59 Å². The molecule has 24 heavy (non-hydrogen) atoms. The molecule has 0 aliphatic carbocycles. The lowest BCUT2D eigenvalue weighted by Crippen LogP contribution is -2.23. The number of rotatable bonds is 4. The van der Waals surface area contributed by atoms with E-state index in [0.717, 1.165) is 6.42 Å². The fourth-order valence-electron chi connectivity index (χ4n) is 2.70. The molecule has 2 aromatic carbocycles. The van der Waals surface area contributed by atoms with Crippen LogP contribution >= 0.6 is 0 Å². The highest BCUT2D eigenvalue weighted by Gasteiger charge is 2.22. The van der Waals surface area contributed by atoms with E-state index in [4.69, 9.17) is 10.00 Å². The topological polar surface area (TPSA) is 70.4 Å². The van der Waals surface area contributed by atoms with Crippen LogP contribution in [0.3, 0.4) is 0 Å². The van der Waals surface area contributed by atoms with Crippen molar-refractivity contribution in [3.8, 4) is 6.07 Å². The Bertz CT molecular complexity index is 823. The second-order valence-corrected chi connectivity index (χ2v) is 5.54. The molecule has 1 heterocycles. The van der Waals surface area contributed by atoms with Crippen LogP contribution in [0.15, 0.2) is 48.5 Å². The van der Waals surface area contributed by atoms with Gasteiger partial charge in [-0.25, -0.2) is 4.79 Å². The number of anilines is 1. The van der Waals surface area contributed by atoms with Gasteiger partial charge in [0.25, 0.3) is 0 Å². The minimum Gasteiger partial charge on any atom is -0.457 e. The van der Waals surface area contributed by atoms with Crippen LogP contribution in [0.5, 0.6) is 0 Å². The predicted molar refractivity (Wildman–Crippen MR) is 88.3 cm³/mol. The Morgan fingerprint density at radius 3 is 2.79 bits per heavy atom. The average molecular weight is 320 g/mol. The summed E-state index contributed by atoms with van der Waals surface area (Å²) in [6.07, 6.45) is 1.37. The number of esters is 1. The van der Waals surface area contributed by atoms with Crippen LogP contribution in [0.4, 0.5) is 5.69 Å². The molecule has 3 rings (SSSR count). The maximum Gasteiger partial charge on any atom is 0.338 e. The molecule has 0 radical (unpaired) electrons. The molecule has 0 spiro atoms. The zero-order chi connectivity index (χ0) is 16.9. The van der Waals surface area contributed by atoms with Crippen molar-refractivity contribution in [1.82, 2.24) is 0 Å². The zero-order valence-corrected chi connectivity index (χ0v) is 13.1. The van der Waals surface area contributed by atoms with E-state index in [-0.39, 0.29) is 12.5 Å². The van der Waals surface area contributed by atoms with Crippen LogP contribution in [-0.2, 0) is 16.1 Å². The standard InChI is InChI=1S/C19H16N2O3/c20-12-15-5-1-2-6-16(15)13-24-19(23)14-7-3-8-17(11-14)21-10-4-9-18(21)22/h1-3,5-8,11H,4,9-10,13H2. The average Bonchev–Trinajstić information content (AvgIpc) is 3.06. The molecule has 1 saturated heterocycles. The number of carbonyl (C=O) groups is 2. The molecule has 0 bridgehead atoms. The molecule has 1 amide bonds. The largest absolute Gasteiger partial charge is 0.457 e. The third-order valence-electron chi connectivity index (χ3n) is 3.96. The summed E-state index contributed by atoms with van der Waals surface area (Å²) in [7, 11) is 0. The molecule has 0 unspecified atom stereocenters. The number of nitriles is 1. The van der Waals surface area contributed by atoms with Gasteiger partial charge in [0, 0.05) is 24.2 Å². The quantitative estimate of drug-likeness (QED) is 0.812. The Hall–Kier alpha value is -3.13. The fraction of sp³-hybridized carbons (Fsp3) is 0.211. The molecule has 1 aliphatic rings. The smallest absolute Gasteiger partial charge is 0.338 e. The molecule has 0 N–H and O–H groups in total. The van der Waals surface area contributed by atoms with Gasteiger partial charge in [-0.05, 0) is 30.7 Å². The summed E-state index contributed by atoms with van der Waals surface area (Å²) < 4.78 is 5.31. The number of carbonyl (C=O) groups excluding carboxylic acids is 2. The number of hydrogen-bond acceptors (Lipinski definition) is 4. The van der Waals surface area contributed by atoms with Crippen molar-refractivity contribution in [2.24, 2.45) is 0 Å². The number of amides is 1. The molecule has 0 atom stereocenters. The minimum absolute atomic E-state index is 0.0371. The van der Waals surface area contributed by atoms with E-state index in [1.807, 2.05) is 6.07 Å². The van der Waals surface area contributed by atoms with E-state index in [1.165, 1.54) is 0 Å². The minimum atomic E-state index is -0.476. The maximum absolute atomic E-state index is 12.3. The molecule has 5 heteroatoms. The summed E-state index contributed by atoms with van der Waals surface area (Å²) in [5.41, 5.74) is 2.26. The second-order valence-electron chi connectivity index (χ2n) is 5.54. The van der Waals surface area contributed by atoms with Crippen LogP contribution in [0.25, 0.3) is 0 Å². The predicted octanol–water partition coefficient (Wildman–Crippen LogP) is 3.04. The van der Waals surface area contributed by atoms with Gasteiger partial charge in [0.05, 0.1) is 17.2 Å². The molecular weight excluding hydrogens is 304 g/mol. The Balaban J connectivity index is 1.71. The van der Waals surface area contributed by atoms with Gasteiger partial charge in [-0.2, -0.15) is 5.26 Å². The van der Waals surface area contributed by atoms with Crippen molar-refractivity contribution in [2.45, 2.75) is 19.4 Å². The molecule has 0 saturated carbocycles. The van der Waals surface area contributed by atoms with Gasteiger partial charge >= 0.3 is 5.97 Å². The van der Waals surface area contributed by atoms with Crippen LogP contribution < -0.4 is 4.90 Å². The highest BCUT2D eigenvalue weighted by molar-refractivity contribution is 5.97. The van der Waals surface area contributed by atoms with Crippen molar-refractivity contribution in [2.75, 3.05) is 11.4 Å². The highest BCUT2D eigenvalue weighted by atomic mass is 16.5. The van der Waals surface area contributed by atoms with Crippen molar-refractivity contribution >= 4 is 17.6 Å². The summed E-state index contributed by atoms with van der Waals surface area (Å²) in [6, 6.07) is 15.9. The van der Waals surface area contributed by atoms with E-state index in [0.29, 0.717) is 35.3 Å². The summed E-state index contributed by atoms with van der Waals surface area (Å²) in [5, 5.41) is 9.06. The van der Waals surface area contributed by atoms with Crippen molar-refractivity contribution in [3.63, 3.8) is 0 Å². The first kappa shape index (κ1) is 15.8. The lowest BCUT2D eigenvalue weighted by atomic mass is 10.1. The van der Waals surface area contributed by atoms with E-state index in [1.54, 1.807) is 47.4 Å². The third kappa shape index (κ3) is 3.28. The van der Waals surface area contributed by atoms with Crippen molar-refractivity contribution < 1.29 is 14.3 Å². The van der Waals surface area contributed by atoms with Gasteiger partial charge in [0.1, 0.15) is 6.61 Å². The van der Waals surface area contributed by atoms with E-state index in [2.05, 4.69) is 6.07 Å². The lowest BCUT2D eigenvalue weighted by molar-refractivity contribution is -0.117. The molecule has 0 aromatic heterocycles. The summed E-state index contributed by atoms with van der Waals surface area (Å²) >= 11 is 0. The van der Waals surface area contributed by atoms with Gasteiger partial charge in [0.15, 0.2) is 0 Å². The van der Waals surface area contributed by atoms with Crippen LogP contribution in [0.2, 0.25) is 0 Å². The number of ether oxygens (including phenoxy) is 1.